The lowest BCUT2D eigenvalue weighted by molar-refractivity contribution is -0.392. The van der Waals surface area contributed by atoms with E-state index < -0.39 is 0 Å². The van der Waals surface area contributed by atoms with Crippen LogP contribution in [-0.4, -0.2) is 15.2 Å². The first-order chi connectivity index (χ1) is 10.2. The molecule has 0 aliphatic rings. The summed E-state index contributed by atoms with van der Waals surface area (Å²) < 4.78 is 1.73. The van der Waals surface area contributed by atoms with Crippen LogP contribution in [0.25, 0.3) is 0 Å². The molecule has 0 aliphatic heterocycles. The first kappa shape index (κ1) is 15.1. The molecular formula is C15H15N3O2S. The molecule has 0 unspecified atom stereocenters. The van der Waals surface area contributed by atoms with Crippen LogP contribution in [-0.2, 0) is 12.3 Å². The maximum Gasteiger partial charge on any atom is 0.323 e. The topological polar surface area (TPSA) is 71.9 Å². The van der Waals surface area contributed by atoms with Crippen LogP contribution in [0.4, 0.5) is 5.82 Å². The quantitative estimate of drug-likeness (QED) is 0.445. The van der Waals surface area contributed by atoms with Gasteiger partial charge in [-0.3, -0.25) is 0 Å². The summed E-state index contributed by atoms with van der Waals surface area (Å²) in [5.41, 5.74) is 1.94. The highest BCUT2D eigenvalue weighted by molar-refractivity contribution is 7.98. The zero-order valence-electron chi connectivity index (χ0n) is 11.4. The summed E-state index contributed by atoms with van der Waals surface area (Å²) in [5, 5.41) is 19.7. The largest absolute Gasteiger partial charge is 0.358 e. The normalized spacial score (nSPS) is 10.2. The lowest BCUT2D eigenvalue weighted by Gasteiger charge is -2.06. The number of hydrogen-bond donors (Lipinski definition) is 0. The number of nitriles is 1. The minimum Gasteiger partial charge on any atom is -0.358 e. The third-order valence-electron chi connectivity index (χ3n) is 3.03. The molecule has 0 saturated heterocycles. The van der Waals surface area contributed by atoms with Crippen molar-refractivity contribution in [1.29, 1.82) is 5.26 Å². The summed E-state index contributed by atoms with van der Waals surface area (Å²) in [4.78, 5) is 10.8. The smallest absolute Gasteiger partial charge is 0.323 e. The predicted molar refractivity (Wildman–Crippen MR) is 83.0 cm³/mol. The second-order valence-corrected chi connectivity index (χ2v) is 5.58. The fourth-order valence-electron chi connectivity index (χ4n) is 2.03. The van der Waals surface area contributed by atoms with Crippen molar-refractivity contribution in [2.75, 3.05) is 5.75 Å². The molecule has 21 heavy (non-hydrogen) atoms. The SMILES string of the molecule is N#CCCSCc1ccc([N+](=O)[O-])n1Cc1ccccc1. The van der Waals surface area contributed by atoms with Gasteiger partial charge in [-0.2, -0.15) is 17.0 Å². The molecule has 108 valence electrons. The fourth-order valence-corrected chi connectivity index (χ4v) is 2.87. The van der Waals surface area contributed by atoms with Crippen molar-refractivity contribution in [3.63, 3.8) is 0 Å². The van der Waals surface area contributed by atoms with Gasteiger partial charge in [0.2, 0.25) is 0 Å². The number of nitrogens with zero attached hydrogens (tertiary/aromatic N) is 3. The summed E-state index contributed by atoms with van der Waals surface area (Å²) in [6.07, 6.45) is 0.492. The Hall–Kier alpha value is -2.26. The Kier molecular flexibility index (Phi) is 5.41. The Labute approximate surface area is 127 Å². The predicted octanol–water partition coefficient (Wildman–Crippen LogP) is 3.59. The van der Waals surface area contributed by atoms with Crippen molar-refractivity contribution in [3.05, 3.63) is 63.8 Å². The van der Waals surface area contributed by atoms with Gasteiger partial charge in [0.15, 0.2) is 0 Å². The average molecular weight is 301 g/mol. The van der Waals surface area contributed by atoms with E-state index in [-0.39, 0.29) is 10.7 Å². The molecule has 0 aliphatic carbocycles. The van der Waals surface area contributed by atoms with Crippen LogP contribution in [0.2, 0.25) is 0 Å². The van der Waals surface area contributed by atoms with Crippen molar-refractivity contribution >= 4 is 17.6 Å². The molecule has 6 heteroatoms. The second kappa shape index (κ2) is 7.50. The van der Waals surface area contributed by atoms with E-state index in [0.717, 1.165) is 17.0 Å². The monoisotopic (exact) mass is 301 g/mol. The van der Waals surface area contributed by atoms with Gasteiger partial charge in [-0.05, 0) is 16.6 Å². The Morgan fingerprint density at radius 2 is 2.00 bits per heavy atom. The highest BCUT2D eigenvalue weighted by Crippen LogP contribution is 2.23. The standard InChI is InChI=1S/C15H15N3O2S/c16-9-4-10-21-12-14-7-8-15(18(19)20)17(14)11-13-5-2-1-3-6-13/h1-3,5-8H,4,10-12H2. The number of hydrogen-bond acceptors (Lipinski definition) is 4. The molecular weight excluding hydrogens is 286 g/mol. The second-order valence-electron chi connectivity index (χ2n) is 4.47. The summed E-state index contributed by atoms with van der Waals surface area (Å²) >= 11 is 1.61. The van der Waals surface area contributed by atoms with Gasteiger partial charge >= 0.3 is 5.82 Å². The number of thioether (sulfide) groups is 1. The van der Waals surface area contributed by atoms with Crippen LogP contribution in [0.5, 0.6) is 0 Å². The Morgan fingerprint density at radius 1 is 1.24 bits per heavy atom. The van der Waals surface area contributed by atoms with Crippen LogP contribution < -0.4 is 0 Å². The van der Waals surface area contributed by atoms with Gasteiger partial charge in [0.25, 0.3) is 0 Å². The summed E-state index contributed by atoms with van der Waals surface area (Å²) in [5.74, 6) is 1.51. The van der Waals surface area contributed by atoms with E-state index in [9.17, 15) is 10.1 Å². The molecule has 0 amide bonds. The molecule has 2 aromatic rings. The van der Waals surface area contributed by atoms with E-state index in [2.05, 4.69) is 6.07 Å². The van der Waals surface area contributed by atoms with Gasteiger partial charge in [-0.1, -0.05) is 30.3 Å². The summed E-state index contributed by atoms with van der Waals surface area (Å²) in [6.45, 7) is 0.484. The molecule has 0 bridgehead atoms. The lowest BCUT2D eigenvalue weighted by atomic mass is 10.2. The van der Waals surface area contributed by atoms with Crippen molar-refractivity contribution in [1.82, 2.24) is 4.57 Å². The molecule has 5 nitrogen and oxygen atoms in total. The van der Waals surface area contributed by atoms with Gasteiger partial charge < -0.3 is 10.1 Å². The zero-order chi connectivity index (χ0) is 15.1. The summed E-state index contributed by atoms with van der Waals surface area (Å²) in [6, 6.07) is 15.1. The minimum absolute atomic E-state index is 0.106. The Balaban J connectivity index is 2.17. The van der Waals surface area contributed by atoms with E-state index in [0.29, 0.717) is 18.7 Å². The molecule has 1 heterocycles. The highest BCUT2D eigenvalue weighted by Gasteiger charge is 2.18. The van der Waals surface area contributed by atoms with Gasteiger partial charge in [0.1, 0.15) is 12.2 Å². The summed E-state index contributed by atoms with van der Waals surface area (Å²) in [7, 11) is 0. The minimum atomic E-state index is -0.355. The van der Waals surface area contributed by atoms with Gasteiger partial charge in [-0.25, -0.2) is 4.57 Å². The van der Waals surface area contributed by atoms with Crippen LogP contribution in [0.15, 0.2) is 42.5 Å². The molecule has 0 fully saturated rings. The van der Waals surface area contributed by atoms with E-state index in [4.69, 9.17) is 5.26 Å². The molecule has 2 rings (SSSR count). The molecule has 0 saturated carbocycles. The maximum absolute atomic E-state index is 11.1. The molecule has 1 aromatic carbocycles. The van der Waals surface area contributed by atoms with E-state index >= 15 is 0 Å². The van der Waals surface area contributed by atoms with Crippen molar-refractivity contribution in [2.45, 2.75) is 18.7 Å². The van der Waals surface area contributed by atoms with Gasteiger partial charge in [0, 0.05) is 18.2 Å². The molecule has 0 radical (unpaired) electrons. The first-order valence-electron chi connectivity index (χ1n) is 6.54. The highest BCUT2D eigenvalue weighted by atomic mass is 32.2. The molecule has 0 spiro atoms. The van der Waals surface area contributed by atoms with Crippen molar-refractivity contribution in [2.24, 2.45) is 0 Å². The van der Waals surface area contributed by atoms with Gasteiger partial charge in [0.05, 0.1) is 11.8 Å². The first-order valence-corrected chi connectivity index (χ1v) is 7.69. The third-order valence-corrected chi connectivity index (χ3v) is 4.02. The van der Waals surface area contributed by atoms with Gasteiger partial charge in [-0.15, -0.1) is 0 Å². The molecule has 0 atom stereocenters. The maximum atomic E-state index is 11.1. The fraction of sp³-hybridized carbons (Fsp3) is 0.267. The molecule has 0 N–H and O–H groups in total. The van der Waals surface area contributed by atoms with Crippen LogP contribution >= 0.6 is 11.8 Å². The van der Waals surface area contributed by atoms with Crippen LogP contribution in [0, 0.1) is 21.4 Å². The third kappa shape index (κ3) is 4.10. The van der Waals surface area contributed by atoms with E-state index in [1.807, 2.05) is 30.3 Å². The zero-order valence-corrected chi connectivity index (χ0v) is 12.3. The number of benzene rings is 1. The number of aromatic nitrogens is 1. The average Bonchev–Trinajstić information content (AvgIpc) is 2.88. The van der Waals surface area contributed by atoms with Crippen molar-refractivity contribution < 1.29 is 4.92 Å². The number of rotatable bonds is 7. The van der Waals surface area contributed by atoms with E-state index in [1.54, 1.807) is 28.5 Å². The van der Waals surface area contributed by atoms with Crippen LogP contribution in [0.1, 0.15) is 17.7 Å². The molecule has 1 aromatic heterocycles. The van der Waals surface area contributed by atoms with Crippen molar-refractivity contribution in [3.8, 4) is 6.07 Å². The van der Waals surface area contributed by atoms with E-state index in [1.165, 1.54) is 0 Å². The van der Waals surface area contributed by atoms with Crippen LogP contribution in [0.3, 0.4) is 0 Å². The number of nitro groups is 1. The Morgan fingerprint density at radius 3 is 2.67 bits per heavy atom. The lowest BCUT2D eigenvalue weighted by Crippen LogP contribution is -2.07. The Bertz CT molecular complexity index is 647.